The summed E-state index contributed by atoms with van der Waals surface area (Å²) in [6.45, 7) is 8.58. The van der Waals surface area contributed by atoms with Crippen molar-refractivity contribution in [1.82, 2.24) is 4.31 Å². The molecule has 0 spiro atoms. The van der Waals surface area contributed by atoms with Gasteiger partial charge in [0.15, 0.2) is 0 Å². The van der Waals surface area contributed by atoms with Gasteiger partial charge in [-0.3, -0.25) is 0 Å². The molecule has 0 aromatic rings. The van der Waals surface area contributed by atoms with E-state index in [2.05, 4.69) is 40.5 Å². The highest BCUT2D eigenvalue weighted by Gasteiger charge is 2.37. The Labute approximate surface area is 62.3 Å². The first kappa shape index (κ1) is 7.00. The number of thiol groups is 1. The summed E-state index contributed by atoms with van der Waals surface area (Å²) < 4.78 is 2.00. The number of rotatable bonds is 0. The molecule has 0 aliphatic carbocycles. The Bertz CT molecular complexity index is 170. The molecule has 0 saturated heterocycles. The van der Waals surface area contributed by atoms with Crippen LogP contribution in [0.3, 0.4) is 0 Å². The summed E-state index contributed by atoms with van der Waals surface area (Å²) in [5.74, 6) is 0. The molecule has 1 aliphatic rings. The minimum Gasteiger partial charge on any atom is -0.313 e. The van der Waals surface area contributed by atoms with E-state index >= 15 is 0 Å². The molecule has 2 heteroatoms. The van der Waals surface area contributed by atoms with Crippen LogP contribution in [0.4, 0.5) is 0 Å². The van der Waals surface area contributed by atoms with Crippen molar-refractivity contribution in [3.8, 4) is 0 Å². The molecule has 0 aromatic carbocycles. The van der Waals surface area contributed by atoms with Crippen LogP contribution in [0.25, 0.3) is 0 Å². The lowest BCUT2D eigenvalue weighted by Gasteiger charge is -2.48. The summed E-state index contributed by atoms with van der Waals surface area (Å²) >= 11 is 4.30. The van der Waals surface area contributed by atoms with Gasteiger partial charge in [-0.05, 0) is 33.3 Å². The molecule has 0 atom stereocenters. The number of allylic oxidation sites excluding steroid dienone is 1. The fourth-order valence-corrected chi connectivity index (χ4v) is 1.43. The third-order valence-corrected chi connectivity index (χ3v) is 3.11. The topological polar surface area (TPSA) is 3.24 Å². The van der Waals surface area contributed by atoms with E-state index in [0.717, 1.165) is 0 Å². The monoisotopic (exact) mass is 143 g/mol. The zero-order valence-corrected chi connectivity index (χ0v) is 7.29. The lowest BCUT2D eigenvalue weighted by molar-refractivity contribution is 0.284. The second-order valence-corrected chi connectivity index (χ2v) is 3.48. The minimum absolute atomic E-state index is 0.188. The SMILES string of the molecule is CC1=C(C)C(C)(C)N1S. The quantitative estimate of drug-likeness (QED) is 0.509. The highest BCUT2D eigenvalue weighted by atomic mass is 32.1. The van der Waals surface area contributed by atoms with Gasteiger partial charge in [0, 0.05) is 5.70 Å². The molecule has 0 saturated carbocycles. The van der Waals surface area contributed by atoms with Gasteiger partial charge in [-0.1, -0.05) is 12.8 Å². The van der Waals surface area contributed by atoms with Crippen LogP contribution in [0, 0.1) is 0 Å². The Morgan fingerprint density at radius 2 is 1.78 bits per heavy atom. The molecule has 52 valence electrons. The highest BCUT2D eigenvalue weighted by Crippen LogP contribution is 2.40. The lowest BCUT2D eigenvalue weighted by Crippen LogP contribution is -2.47. The molecule has 0 fully saturated rings. The predicted octanol–water partition coefficient (Wildman–Crippen LogP) is 2.22. The fraction of sp³-hybridized carbons (Fsp3) is 0.714. The van der Waals surface area contributed by atoms with E-state index in [0.29, 0.717) is 0 Å². The van der Waals surface area contributed by atoms with Crippen molar-refractivity contribution in [3.63, 3.8) is 0 Å². The summed E-state index contributed by atoms with van der Waals surface area (Å²) in [6.07, 6.45) is 0. The van der Waals surface area contributed by atoms with Crippen LogP contribution in [0.15, 0.2) is 11.3 Å². The summed E-state index contributed by atoms with van der Waals surface area (Å²) in [5, 5.41) is 0. The molecule has 1 heterocycles. The van der Waals surface area contributed by atoms with Crippen LogP contribution < -0.4 is 0 Å². The van der Waals surface area contributed by atoms with Crippen molar-refractivity contribution >= 4 is 12.8 Å². The first-order chi connectivity index (χ1) is 3.98. The van der Waals surface area contributed by atoms with Crippen molar-refractivity contribution in [2.45, 2.75) is 33.2 Å². The summed E-state index contributed by atoms with van der Waals surface area (Å²) in [4.78, 5) is 0. The Hall–Kier alpha value is -0.110. The molecule has 0 N–H and O–H groups in total. The average molecular weight is 143 g/mol. The van der Waals surface area contributed by atoms with E-state index in [4.69, 9.17) is 0 Å². The molecule has 9 heavy (non-hydrogen) atoms. The van der Waals surface area contributed by atoms with E-state index < -0.39 is 0 Å². The van der Waals surface area contributed by atoms with Gasteiger partial charge in [-0.2, -0.15) is 0 Å². The van der Waals surface area contributed by atoms with E-state index in [1.165, 1.54) is 11.3 Å². The fourth-order valence-electron chi connectivity index (χ4n) is 1.13. The molecule has 1 nitrogen and oxygen atoms in total. The molecule has 0 bridgehead atoms. The Kier molecular flexibility index (Phi) is 1.31. The molecular weight excluding hydrogens is 130 g/mol. The Balaban J connectivity index is 2.92. The average Bonchev–Trinajstić information content (AvgIpc) is 1.84. The van der Waals surface area contributed by atoms with Crippen LogP contribution in [-0.2, 0) is 0 Å². The number of nitrogens with zero attached hydrogens (tertiary/aromatic N) is 1. The standard InChI is InChI=1S/C7H13NS/c1-5-6(2)8(9)7(5,3)4/h9H,1-4H3. The highest BCUT2D eigenvalue weighted by molar-refractivity contribution is 7.78. The van der Waals surface area contributed by atoms with Gasteiger partial charge in [0.2, 0.25) is 0 Å². The molecule has 0 amide bonds. The second-order valence-electron chi connectivity index (χ2n) is 3.08. The maximum Gasteiger partial charge on any atom is 0.0678 e. The van der Waals surface area contributed by atoms with E-state index in [-0.39, 0.29) is 5.54 Å². The van der Waals surface area contributed by atoms with Gasteiger partial charge in [0.05, 0.1) is 5.54 Å². The smallest absolute Gasteiger partial charge is 0.0678 e. The Morgan fingerprint density at radius 3 is 1.89 bits per heavy atom. The molecular formula is C7H13NS. The predicted molar refractivity (Wildman–Crippen MR) is 43.3 cm³/mol. The van der Waals surface area contributed by atoms with Gasteiger partial charge < -0.3 is 4.31 Å². The zero-order valence-electron chi connectivity index (χ0n) is 6.39. The number of hydrogen-bond acceptors (Lipinski definition) is 2. The van der Waals surface area contributed by atoms with Crippen molar-refractivity contribution in [2.75, 3.05) is 0 Å². The second kappa shape index (κ2) is 1.69. The number of hydrogen-bond donors (Lipinski definition) is 1. The van der Waals surface area contributed by atoms with Crippen LogP contribution in [-0.4, -0.2) is 9.84 Å². The van der Waals surface area contributed by atoms with E-state index in [1.807, 2.05) is 4.31 Å². The molecule has 0 radical (unpaired) electrons. The normalized spacial score (nSPS) is 24.3. The van der Waals surface area contributed by atoms with Gasteiger partial charge in [-0.25, -0.2) is 0 Å². The van der Waals surface area contributed by atoms with Crippen LogP contribution in [0.2, 0.25) is 0 Å². The van der Waals surface area contributed by atoms with Gasteiger partial charge in [-0.15, -0.1) is 0 Å². The lowest BCUT2D eigenvalue weighted by atomic mass is 9.86. The van der Waals surface area contributed by atoms with Crippen molar-refractivity contribution in [2.24, 2.45) is 0 Å². The molecule has 0 unspecified atom stereocenters. The van der Waals surface area contributed by atoms with Gasteiger partial charge in [0.1, 0.15) is 0 Å². The molecule has 0 aromatic heterocycles. The largest absolute Gasteiger partial charge is 0.313 e. The third-order valence-electron chi connectivity index (χ3n) is 2.31. The van der Waals surface area contributed by atoms with Crippen LogP contribution in [0.5, 0.6) is 0 Å². The summed E-state index contributed by atoms with van der Waals surface area (Å²) in [5.41, 5.74) is 2.92. The maximum atomic E-state index is 4.30. The van der Waals surface area contributed by atoms with Crippen LogP contribution >= 0.6 is 12.8 Å². The first-order valence-corrected chi connectivity index (χ1v) is 3.55. The van der Waals surface area contributed by atoms with Crippen molar-refractivity contribution < 1.29 is 0 Å². The van der Waals surface area contributed by atoms with Gasteiger partial charge in [0.25, 0.3) is 0 Å². The van der Waals surface area contributed by atoms with E-state index in [1.54, 1.807) is 0 Å². The summed E-state index contributed by atoms with van der Waals surface area (Å²) in [7, 11) is 0. The zero-order chi connectivity index (χ0) is 7.23. The van der Waals surface area contributed by atoms with Crippen molar-refractivity contribution in [1.29, 1.82) is 0 Å². The van der Waals surface area contributed by atoms with Crippen molar-refractivity contribution in [3.05, 3.63) is 11.3 Å². The minimum atomic E-state index is 0.188. The molecule has 1 aliphatic heterocycles. The van der Waals surface area contributed by atoms with Crippen LogP contribution in [0.1, 0.15) is 27.7 Å². The first-order valence-electron chi connectivity index (χ1n) is 3.15. The Morgan fingerprint density at radius 1 is 1.33 bits per heavy atom. The van der Waals surface area contributed by atoms with Gasteiger partial charge >= 0.3 is 0 Å². The maximum absolute atomic E-state index is 4.30. The summed E-state index contributed by atoms with van der Waals surface area (Å²) in [6, 6.07) is 0. The third kappa shape index (κ3) is 0.692. The van der Waals surface area contributed by atoms with E-state index in [9.17, 15) is 0 Å². The molecule has 1 rings (SSSR count).